The lowest BCUT2D eigenvalue weighted by Crippen LogP contribution is -2.60. The second-order valence-electron chi connectivity index (χ2n) is 15.2. The van der Waals surface area contributed by atoms with Gasteiger partial charge in [-0.15, -0.1) is 0 Å². The van der Waals surface area contributed by atoms with Gasteiger partial charge in [-0.1, -0.05) is 156 Å². The van der Waals surface area contributed by atoms with Gasteiger partial charge in [0, 0.05) is 12.8 Å². The number of methoxy groups -OCH3 is 1. The van der Waals surface area contributed by atoms with E-state index in [1.165, 1.54) is 105 Å². The molecule has 4 aromatic rings. The van der Waals surface area contributed by atoms with Crippen LogP contribution in [-0.2, 0) is 8.91 Å². The van der Waals surface area contributed by atoms with Gasteiger partial charge >= 0.3 is 5.97 Å². The van der Waals surface area contributed by atoms with Crippen molar-refractivity contribution in [2.24, 2.45) is 0 Å². The number of hydrogen-bond acceptors (Lipinski definition) is 4. The first-order valence-corrected chi connectivity index (χ1v) is 25.1. The Kier molecular flexibility index (Phi) is 16.4. The third-order valence-electron chi connectivity index (χ3n) is 10.8. The van der Waals surface area contributed by atoms with Gasteiger partial charge in [-0.3, -0.25) is 4.79 Å². The summed E-state index contributed by atoms with van der Waals surface area (Å²) in [5.74, 6) is 1.56. The lowest BCUT2D eigenvalue weighted by Gasteiger charge is -2.39. The number of benzene rings is 4. The highest BCUT2D eigenvalue weighted by atomic mass is 28.4. The largest absolute Gasteiger partial charge is 0.496 e. The Morgan fingerprint density at radius 1 is 0.615 bits per heavy atom. The average molecular weight is 737 g/mol. The van der Waals surface area contributed by atoms with Gasteiger partial charge in [-0.05, 0) is 90.2 Å². The fourth-order valence-corrected chi connectivity index (χ4v) is 17.8. The number of aryl methyl sites for hydroxylation is 2. The zero-order chi connectivity index (χ0) is 37.4. The highest BCUT2D eigenvalue weighted by Gasteiger charge is 2.41. The minimum atomic E-state index is -2.14. The Bertz CT molecular complexity index is 1660. The molecule has 3 atom stereocenters. The SMILES string of the molecule is CCCC[Si](C)(O[Si](C)(CCCCCCCCCCC(c1ccc(OC)c(C)c1)c1ccc(OC(C)=O)c(C)c1)c1ccccc1)c1ccccc1. The molecule has 4 nitrogen and oxygen atoms in total. The molecule has 3 unspecified atom stereocenters. The molecule has 0 spiro atoms. The fraction of sp³-hybridized carbons (Fsp3) is 0.457. The minimum absolute atomic E-state index is 0.286. The van der Waals surface area contributed by atoms with Crippen LogP contribution in [0.5, 0.6) is 11.5 Å². The van der Waals surface area contributed by atoms with Gasteiger partial charge in [0.05, 0.1) is 7.11 Å². The van der Waals surface area contributed by atoms with E-state index in [2.05, 4.69) is 118 Å². The van der Waals surface area contributed by atoms with Crippen molar-refractivity contribution in [2.75, 3.05) is 7.11 Å². The Morgan fingerprint density at radius 2 is 1.08 bits per heavy atom. The van der Waals surface area contributed by atoms with Gasteiger partial charge in [0.1, 0.15) is 11.5 Å². The van der Waals surface area contributed by atoms with E-state index in [9.17, 15) is 4.79 Å². The Morgan fingerprint density at radius 3 is 1.54 bits per heavy atom. The van der Waals surface area contributed by atoms with Gasteiger partial charge in [-0.25, -0.2) is 0 Å². The predicted octanol–water partition coefficient (Wildman–Crippen LogP) is 11.7. The Hall–Kier alpha value is -3.46. The first kappa shape index (κ1) is 41.3. The van der Waals surface area contributed by atoms with Crippen molar-refractivity contribution in [3.8, 4) is 11.5 Å². The first-order chi connectivity index (χ1) is 25.1. The molecule has 280 valence electrons. The quantitative estimate of drug-likeness (QED) is 0.0349. The topological polar surface area (TPSA) is 44.8 Å². The molecule has 6 heteroatoms. The number of esters is 1. The van der Waals surface area contributed by atoms with Crippen molar-refractivity contribution in [1.82, 2.24) is 0 Å². The third kappa shape index (κ3) is 12.0. The molecular formula is C46H64O4Si2. The molecule has 0 fully saturated rings. The van der Waals surface area contributed by atoms with Gasteiger partial charge in [0.25, 0.3) is 0 Å². The molecule has 0 saturated carbocycles. The zero-order valence-corrected chi connectivity index (χ0v) is 35.1. The summed E-state index contributed by atoms with van der Waals surface area (Å²) >= 11 is 0. The normalized spacial score (nSPS) is 14.3. The van der Waals surface area contributed by atoms with Crippen molar-refractivity contribution in [1.29, 1.82) is 0 Å². The number of carbonyl (C=O) groups is 1. The molecule has 0 saturated heterocycles. The molecule has 0 aliphatic carbocycles. The maximum atomic E-state index is 11.6. The summed E-state index contributed by atoms with van der Waals surface area (Å²) in [6, 6.07) is 37.5. The highest BCUT2D eigenvalue weighted by Crippen LogP contribution is 2.35. The predicted molar refractivity (Wildman–Crippen MR) is 225 cm³/mol. The summed E-state index contributed by atoms with van der Waals surface area (Å²) in [6.07, 6.45) is 13.6. The Balaban J connectivity index is 1.28. The van der Waals surface area contributed by atoms with Crippen LogP contribution in [0.15, 0.2) is 97.1 Å². The molecule has 0 amide bonds. The third-order valence-corrected chi connectivity index (χ3v) is 20.1. The number of hydrogen-bond donors (Lipinski definition) is 0. The van der Waals surface area contributed by atoms with Crippen molar-refractivity contribution < 1.29 is 18.4 Å². The van der Waals surface area contributed by atoms with Crippen LogP contribution in [0.3, 0.4) is 0 Å². The lowest BCUT2D eigenvalue weighted by atomic mass is 9.85. The van der Waals surface area contributed by atoms with Gasteiger partial charge in [0.15, 0.2) is 0 Å². The Labute approximate surface area is 317 Å². The summed E-state index contributed by atoms with van der Waals surface area (Å²) < 4.78 is 18.5. The van der Waals surface area contributed by atoms with E-state index in [4.69, 9.17) is 13.6 Å². The van der Waals surface area contributed by atoms with Crippen LogP contribution < -0.4 is 19.8 Å². The van der Waals surface area contributed by atoms with Crippen LogP contribution in [0.4, 0.5) is 0 Å². The van der Waals surface area contributed by atoms with E-state index in [0.29, 0.717) is 5.75 Å². The highest BCUT2D eigenvalue weighted by molar-refractivity contribution is 6.97. The standard InChI is InChI=1S/C46H64O4Si2/c1-8-9-33-51(6,42-24-18-16-19-25-42)50-52(7,43-26-20-17-21-27-43)34-23-15-13-11-10-12-14-22-28-44(40-29-31-45(48-5)37(2)35-40)41-30-32-46(38(3)36-41)49-39(4)47/h16-21,24-27,29-32,35-36,44H,8-15,22-23,28,33-34H2,1-7H3. The van der Waals surface area contributed by atoms with Crippen molar-refractivity contribution in [2.45, 2.75) is 129 Å². The van der Waals surface area contributed by atoms with Gasteiger partial charge < -0.3 is 13.6 Å². The van der Waals surface area contributed by atoms with E-state index in [-0.39, 0.29) is 11.9 Å². The molecule has 4 rings (SSSR count). The maximum Gasteiger partial charge on any atom is 0.308 e. The van der Waals surface area contributed by atoms with Gasteiger partial charge in [0.2, 0.25) is 16.6 Å². The number of rotatable bonds is 22. The molecular weight excluding hydrogens is 673 g/mol. The second kappa shape index (κ2) is 20.7. The second-order valence-corrected chi connectivity index (χ2v) is 23.1. The van der Waals surface area contributed by atoms with Crippen LogP contribution in [0, 0.1) is 13.8 Å². The first-order valence-electron chi connectivity index (χ1n) is 19.8. The number of ether oxygens (including phenoxy) is 2. The van der Waals surface area contributed by atoms with Crippen molar-refractivity contribution in [3.05, 3.63) is 119 Å². The summed E-state index contributed by atoms with van der Waals surface area (Å²) in [7, 11) is -2.50. The van der Waals surface area contributed by atoms with Crippen molar-refractivity contribution >= 4 is 33.0 Å². The van der Waals surface area contributed by atoms with E-state index in [1.807, 2.05) is 13.0 Å². The minimum Gasteiger partial charge on any atom is -0.496 e. The van der Waals surface area contributed by atoms with Crippen LogP contribution in [-0.4, -0.2) is 29.7 Å². The van der Waals surface area contributed by atoms with Gasteiger partial charge in [-0.2, -0.15) is 0 Å². The number of unbranched alkanes of at least 4 members (excludes halogenated alkanes) is 8. The monoisotopic (exact) mass is 736 g/mol. The smallest absolute Gasteiger partial charge is 0.308 e. The van der Waals surface area contributed by atoms with E-state index >= 15 is 0 Å². The average Bonchev–Trinajstić information content (AvgIpc) is 3.14. The molecule has 52 heavy (non-hydrogen) atoms. The van der Waals surface area contributed by atoms with Crippen LogP contribution in [0.1, 0.15) is 113 Å². The zero-order valence-electron chi connectivity index (χ0n) is 33.1. The maximum absolute atomic E-state index is 11.6. The lowest BCUT2D eigenvalue weighted by molar-refractivity contribution is -0.131. The molecule has 0 aromatic heterocycles. The van der Waals surface area contributed by atoms with E-state index in [1.54, 1.807) is 7.11 Å². The summed E-state index contributed by atoms with van der Waals surface area (Å²) in [6.45, 7) is 12.8. The fourth-order valence-electron chi connectivity index (χ4n) is 7.78. The van der Waals surface area contributed by atoms with E-state index in [0.717, 1.165) is 23.3 Å². The molecule has 0 heterocycles. The summed E-state index contributed by atoms with van der Waals surface area (Å²) in [5.41, 5.74) is 4.72. The molecule has 0 aliphatic rings. The number of carbonyl (C=O) groups excluding carboxylic acids is 1. The molecule has 4 aromatic carbocycles. The van der Waals surface area contributed by atoms with Crippen LogP contribution in [0.2, 0.25) is 25.2 Å². The van der Waals surface area contributed by atoms with Crippen molar-refractivity contribution in [3.63, 3.8) is 0 Å². The molecule has 0 aliphatic heterocycles. The molecule has 0 N–H and O–H groups in total. The van der Waals surface area contributed by atoms with Crippen LogP contribution in [0.25, 0.3) is 0 Å². The summed E-state index contributed by atoms with van der Waals surface area (Å²) in [5, 5.41) is 2.88. The molecule has 0 bridgehead atoms. The summed E-state index contributed by atoms with van der Waals surface area (Å²) in [4.78, 5) is 11.6. The van der Waals surface area contributed by atoms with Crippen LogP contribution >= 0.6 is 0 Å². The van der Waals surface area contributed by atoms with E-state index < -0.39 is 16.6 Å². The molecule has 0 radical (unpaired) electrons.